The Morgan fingerprint density at radius 2 is 0.914 bits per heavy atom. The summed E-state index contributed by atoms with van der Waals surface area (Å²) in [7, 11) is -3.18. The first-order valence-corrected chi connectivity index (χ1v) is 16.8. The SMILES string of the molecule is CCCCCCCCCCCCCCCCCCN(CCC)C(=O)N[Si](OCC)(OCC)OCC. The van der Waals surface area contributed by atoms with Gasteiger partial charge in [0.25, 0.3) is 0 Å². The zero-order valence-corrected chi connectivity index (χ0v) is 25.1. The molecule has 0 aliphatic carbocycles. The molecule has 0 aromatic rings. The van der Waals surface area contributed by atoms with Crippen LogP contribution in [0.3, 0.4) is 0 Å². The van der Waals surface area contributed by atoms with Crippen LogP contribution < -0.4 is 4.98 Å². The molecular weight excluding hydrogens is 456 g/mol. The highest BCUT2D eigenvalue weighted by Gasteiger charge is 2.45. The summed E-state index contributed by atoms with van der Waals surface area (Å²) in [6, 6.07) is -0.130. The van der Waals surface area contributed by atoms with Crippen LogP contribution in [-0.4, -0.2) is 52.8 Å². The van der Waals surface area contributed by atoms with Crippen molar-refractivity contribution in [2.45, 2.75) is 144 Å². The van der Waals surface area contributed by atoms with Crippen LogP contribution >= 0.6 is 0 Å². The van der Waals surface area contributed by atoms with E-state index in [9.17, 15) is 4.79 Å². The largest absolute Gasteiger partial charge is 0.634 e. The Morgan fingerprint density at radius 1 is 0.543 bits per heavy atom. The van der Waals surface area contributed by atoms with Gasteiger partial charge < -0.3 is 18.2 Å². The first-order valence-electron chi connectivity index (χ1n) is 15.1. The second kappa shape index (κ2) is 25.0. The van der Waals surface area contributed by atoms with E-state index in [-0.39, 0.29) is 6.03 Å². The average Bonchev–Trinajstić information content (AvgIpc) is 2.83. The summed E-state index contributed by atoms with van der Waals surface area (Å²) in [6.45, 7) is 12.9. The minimum absolute atomic E-state index is 0.130. The van der Waals surface area contributed by atoms with Gasteiger partial charge in [0.15, 0.2) is 0 Å². The predicted molar refractivity (Wildman–Crippen MR) is 151 cm³/mol. The summed E-state index contributed by atoms with van der Waals surface area (Å²) in [5.74, 6) is 0. The summed E-state index contributed by atoms with van der Waals surface area (Å²) >= 11 is 0. The van der Waals surface area contributed by atoms with E-state index < -0.39 is 8.97 Å². The van der Waals surface area contributed by atoms with Gasteiger partial charge in [-0.15, -0.1) is 0 Å². The van der Waals surface area contributed by atoms with Crippen molar-refractivity contribution in [3.05, 3.63) is 0 Å². The zero-order valence-electron chi connectivity index (χ0n) is 24.1. The summed E-state index contributed by atoms with van der Waals surface area (Å²) < 4.78 is 17.3. The van der Waals surface area contributed by atoms with E-state index in [0.717, 1.165) is 25.9 Å². The lowest BCUT2D eigenvalue weighted by Gasteiger charge is -2.31. The number of carbonyl (C=O) groups is 1. The molecule has 0 atom stereocenters. The van der Waals surface area contributed by atoms with E-state index in [2.05, 4.69) is 18.8 Å². The number of carbonyl (C=O) groups excluding carboxylic acids is 1. The van der Waals surface area contributed by atoms with Crippen molar-refractivity contribution in [2.75, 3.05) is 32.9 Å². The zero-order chi connectivity index (χ0) is 26.0. The standard InChI is InChI=1S/C28H60N2O4Si/c1-6-11-12-13-14-15-16-17-18-19-20-21-22-23-24-25-27-30(26-7-2)28(31)29-35(32-8-3,33-9-4)34-10-5/h6-27H2,1-5H3,(H,29,31). The molecular formula is C28H60N2O4Si. The second-order valence-electron chi connectivity index (χ2n) is 9.58. The fraction of sp³-hybridized carbons (Fsp3) is 0.964. The van der Waals surface area contributed by atoms with Gasteiger partial charge >= 0.3 is 15.0 Å². The molecule has 0 bridgehead atoms. The number of urea groups is 1. The molecule has 0 spiro atoms. The highest BCUT2D eigenvalue weighted by Crippen LogP contribution is 2.14. The van der Waals surface area contributed by atoms with Crippen LogP contribution in [0.1, 0.15) is 144 Å². The summed E-state index contributed by atoms with van der Waals surface area (Å²) in [6.07, 6.45) is 22.6. The first-order chi connectivity index (χ1) is 17.1. The third-order valence-electron chi connectivity index (χ3n) is 6.33. The number of nitrogens with one attached hydrogen (secondary N) is 1. The van der Waals surface area contributed by atoms with Crippen molar-refractivity contribution in [2.24, 2.45) is 0 Å². The monoisotopic (exact) mass is 516 g/mol. The van der Waals surface area contributed by atoms with E-state index in [0.29, 0.717) is 19.8 Å². The summed E-state index contributed by atoms with van der Waals surface area (Å²) in [4.78, 5) is 17.8. The van der Waals surface area contributed by atoms with Crippen molar-refractivity contribution in [1.82, 2.24) is 9.88 Å². The molecule has 0 fully saturated rings. The molecule has 210 valence electrons. The van der Waals surface area contributed by atoms with Crippen molar-refractivity contribution >= 4 is 15.0 Å². The molecule has 0 aromatic heterocycles. The molecule has 0 radical (unpaired) electrons. The Balaban J connectivity index is 3.96. The number of hydrogen-bond acceptors (Lipinski definition) is 4. The van der Waals surface area contributed by atoms with Crippen LogP contribution in [0.4, 0.5) is 4.79 Å². The van der Waals surface area contributed by atoms with Crippen molar-refractivity contribution in [1.29, 1.82) is 0 Å². The number of nitrogens with zero attached hydrogens (tertiary/aromatic N) is 1. The average molecular weight is 517 g/mol. The highest BCUT2D eigenvalue weighted by atomic mass is 28.4. The predicted octanol–water partition coefficient (Wildman–Crippen LogP) is 8.21. The lowest BCUT2D eigenvalue weighted by molar-refractivity contribution is 0.0608. The Hall–Kier alpha value is -0.633. The van der Waals surface area contributed by atoms with Gasteiger partial charge in [-0.25, -0.2) is 4.79 Å². The Bertz CT molecular complexity index is 451. The van der Waals surface area contributed by atoms with Gasteiger partial charge in [0.1, 0.15) is 0 Å². The molecule has 0 heterocycles. The number of rotatable bonds is 26. The number of amides is 2. The van der Waals surface area contributed by atoms with E-state index in [1.807, 2.05) is 25.7 Å². The fourth-order valence-corrected chi connectivity index (χ4v) is 6.48. The summed E-state index contributed by atoms with van der Waals surface area (Å²) in [5.41, 5.74) is 0. The topological polar surface area (TPSA) is 60.0 Å². The van der Waals surface area contributed by atoms with Crippen molar-refractivity contribution in [3.8, 4) is 0 Å². The van der Waals surface area contributed by atoms with E-state index in [1.165, 1.54) is 96.3 Å². The third kappa shape index (κ3) is 19.2. The van der Waals surface area contributed by atoms with Crippen LogP contribution in [0.2, 0.25) is 0 Å². The quantitative estimate of drug-likeness (QED) is 0.0929. The van der Waals surface area contributed by atoms with Gasteiger partial charge in [0, 0.05) is 32.9 Å². The molecule has 0 saturated heterocycles. The van der Waals surface area contributed by atoms with Crippen LogP contribution in [0.5, 0.6) is 0 Å². The first kappa shape index (κ1) is 34.4. The van der Waals surface area contributed by atoms with Gasteiger partial charge in [0.2, 0.25) is 0 Å². The van der Waals surface area contributed by atoms with Gasteiger partial charge in [-0.05, 0) is 33.6 Å². The van der Waals surface area contributed by atoms with Gasteiger partial charge in [-0.1, -0.05) is 110 Å². The molecule has 35 heavy (non-hydrogen) atoms. The molecule has 7 heteroatoms. The van der Waals surface area contributed by atoms with Gasteiger partial charge in [-0.3, -0.25) is 4.98 Å². The Kier molecular flexibility index (Phi) is 24.6. The normalized spacial score (nSPS) is 11.7. The van der Waals surface area contributed by atoms with Crippen LogP contribution in [0, 0.1) is 0 Å². The number of hydrogen-bond donors (Lipinski definition) is 1. The molecule has 0 rings (SSSR count). The van der Waals surface area contributed by atoms with Crippen LogP contribution in [0.25, 0.3) is 0 Å². The molecule has 1 N–H and O–H groups in total. The lowest BCUT2D eigenvalue weighted by atomic mass is 10.0. The van der Waals surface area contributed by atoms with Crippen molar-refractivity contribution in [3.63, 3.8) is 0 Å². The minimum atomic E-state index is -3.18. The Labute approximate surface area is 219 Å². The summed E-state index contributed by atoms with van der Waals surface area (Å²) in [5, 5.41) is 0. The molecule has 0 saturated carbocycles. The van der Waals surface area contributed by atoms with E-state index in [1.54, 1.807) is 0 Å². The van der Waals surface area contributed by atoms with Crippen molar-refractivity contribution < 1.29 is 18.1 Å². The smallest absolute Gasteiger partial charge is 0.357 e. The van der Waals surface area contributed by atoms with Crippen LogP contribution in [-0.2, 0) is 13.3 Å². The van der Waals surface area contributed by atoms with Crippen LogP contribution in [0.15, 0.2) is 0 Å². The van der Waals surface area contributed by atoms with Gasteiger partial charge in [0.05, 0.1) is 0 Å². The lowest BCUT2D eigenvalue weighted by Crippen LogP contribution is -2.63. The van der Waals surface area contributed by atoms with E-state index >= 15 is 0 Å². The molecule has 6 nitrogen and oxygen atoms in total. The maximum Gasteiger partial charge on any atom is 0.634 e. The maximum atomic E-state index is 13.0. The fourth-order valence-electron chi connectivity index (χ4n) is 4.45. The molecule has 0 unspecified atom stereocenters. The highest BCUT2D eigenvalue weighted by molar-refractivity contribution is 6.60. The minimum Gasteiger partial charge on any atom is -0.357 e. The molecule has 0 aliphatic heterocycles. The maximum absolute atomic E-state index is 13.0. The Morgan fingerprint density at radius 3 is 1.26 bits per heavy atom. The van der Waals surface area contributed by atoms with Gasteiger partial charge in [-0.2, -0.15) is 0 Å². The second-order valence-corrected chi connectivity index (χ2v) is 11.8. The molecule has 2 amide bonds. The molecule has 0 aliphatic rings. The van der Waals surface area contributed by atoms with E-state index in [4.69, 9.17) is 13.3 Å². The third-order valence-corrected chi connectivity index (χ3v) is 8.85. The number of unbranched alkanes of at least 4 members (excludes halogenated alkanes) is 15. The molecule has 0 aromatic carbocycles.